The van der Waals surface area contributed by atoms with Gasteiger partial charge in [-0.15, -0.1) is 0 Å². The van der Waals surface area contributed by atoms with Crippen molar-refractivity contribution in [1.82, 2.24) is 19.9 Å². The first-order chi connectivity index (χ1) is 16.6. The summed E-state index contributed by atoms with van der Waals surface area (Å²) in [7, 11) is -1.54. The first kappa shape index (κ1) is 24.2. The van der Waals surface area contributed by atoms with Gasteiger partial charge in [-0.3, -0.25) is 20.1 Å². The number of methoxy groups -OCH3 is 1. The van der Waals surface area contributed by atoms with Gasteiger partial charge in [0, 0.05) is 24.5 Å². The van der Waals surface area contributed by atoms with Gasteiger partial charge >= 0.3 is 5.69 Å². The summed E-state index contributed by atoms with van der Waals surface area (Å²) < 4.78 is 32.2. The fourth-order valence-corrected chi connectivity index (χ4v) is 4.91. The lowest BCUT2D eigenvalue weighted by atomic mass is 10.2. The normalized spacial score (nSPS) is 11.3. The van der Waals surface area contributed by atoms with Gasteiger partial charge in [-0.05, 0) is 25.5 Å². The van der Waals surface area contributed by atoms with Crippen LogP contribution in [-0.4, -0.2) is 45.3 Å². The highest BCUT2D eigenvalue weighted by atomic mass is 35.5. The first-order valence-electron chi connectivity index (χ1n) is 9.96. The van der Waals surface area contributed by atoms with Gasteiger partial charge in [-0.1, -0.05) is 11.6 Å². The number of fused-ring (bicyclic) bond motifs is 1. The van der Waals surface area contributed by atoms with Gasteiger partial charge in [0.25, 0.3) is 0 Å². The Morgan fingerprint density at radius 1 is 1.11 bits per heavy atom. The highest BCUT2D eigenvalue weighted by Crippen LogP contribution is 2.41. The lowest BCUT2D eigenvalue weighted by Crippen LogP contribution is -2.14. The molecule has 0 radical (unpaired) electrons. The number of anilines is 4. The summed E-state index contributed by atoms with van der Waals surface area (Å²) in [5.41, 5.74) is 0.857. The van der Waals surface area contributed by atoms with Crippen LogP contribution in [0.2, 0.25) is 5.02 Å². The van der Waals surface area contributed by atoms with Crippen LogP contribution in [0.4, 0.5) is 33.2 Å². The van der Waals surface area contributed by atoms with Crippen LogP contribution in [0.3, 0.4) is 0 Å². The maximum absolute atomic E-state index is 14.0. The van der Waals surface area contributed by atoms with Gasteiger partial charge in [-0.2, -0.15) is 9.37 Å². The van der Waals surface area contributed by atoms with Crippen LogP contribution in [-0.2, 0) is 4.57 Å². The van der Waals surface area contributed by atoms with Crippen LogP contribution in [0, 0.1) is 15.9 Å². The molecule has 4 rings (SSSR count). The Hall–Kier alpha value is -3.89. The summed E-state index contributed by atoms with van der Waals surface area (Å²) in [5, 5.41) is 17.6. The van der Waals surface area contributed by atoms with Gasteiger partial charge in [0.2, 0.25) is 11.8 Å². The van der Waals surface area contributed by atoms with Gasteiger partial charge in [0.05, 0.1) is 40.4 Å². The molecular formula is C21H18ClFN7O4P. The molecule has 11 nitrogen and oxygen atoms in total. The van der Waals surface area contributed by atoms with Crippen LogP contribution in [0.5, 0.6) is 5.75 Å². The maximum atomic E-state index is 14.0. The Balaban J connectivity index is 1.75. The van der Waals surface area contributed by atoms with Crippen LogP contribution >= 0.6 is 18.7 Å². The Labute approximate surface area is 203 Å². The smallest absolute Gasteiger partial charge is 0.307 e. The molecule has 0 amide bonds. The van der Waals surface area contributed by atoms with E-state index in [1.165, 1.54) is 19.5 Å². The second-order valence-electron chi connectivity index (χ2n) is 7.64. The van der Waals surface area contributed by atoms with E-state index >= 15 is 0 Å². The molecule has 0 atom stereocenters. The van der Waals surface area contributed by atoms with Crippen molar-refractivity contribution in [3.63, 3.8) is 0 Å². The summed E-state index contributed by atoms with van der Waals surface area (Å²) in [6.07, 6.45) is 4.37. The quantitative estimate of drug-likeness (QED) is 0.198. The van der Waals surface area contributed by atoms with Crippen LogP contribution in [0.25, 0.3) is 11.0 Å². The number of hydrogen-bond donors (Lipinski definition) is 2. The van der Waals surface area contributed by atoms with Crippen molar-refractivity contribution in [1.29, 1.82) is 0 Å². The molecule has 0 fully saturated rings. The van der Waals surface area contributed by atoms with E-state index in [4.69, 9.17) is 16.3 Å². The van der Waals surface area contributed by atoms with E-state index in [9.17, 15) is 19.1 Å². The molecule has 0 spiro atoms. The number of hydrogen-bond acceptors (Lipinski definition) is 10. The van der Waals surface area contributed by atoms with E-state index in [-0.39, 0.29) is 28.2 Å². The zero-order valence-corrected chi connectivity index (χ0v) is 20.3. The van der Waals surface area contributed by atoms with Gasteiger partial charge in [0.15, 0.2) is 5.82 Å². The van der Waals surface area contributed by atoms with Crippen LogP contribution in [0.1, 0.15) is 0 Å². The van der Waals surface area contributed by atoms with E-state index in [0.29, 0.717) is 22.0 Å². The van der Waals surface area contributed by atoms with Crippen molar-refractivity contribution in [2.24, 2.45) is 0 Å². The monoisotopic (exact) mass is 517 g/mol. The second kappa shape index (κ2) is 9.40. The number of nitro groups is 1. The summed E-state index contributed by atoms with van der Waals surface area (Å²) in [5.74, 6) is -0.881. The molecule has 0 aliphatic rings. The third kappa shape index (κ3) is 4.98. The molecule has 35 heavy (non-hydrogen) atoms. The third-order valence-electron chi connectivity index (χ3n) is 4.86. The predicted molar refractivity (Wildman–Crippen MR) is 132 cm³/mol. The number of halogens is 2. The fourth-order valence-electron chi connectivity index (χ4n) is 3.38. The number of ether oxygens (including phenoxy) is 1. The minimum absolute atomic E-state index is 0.00517. The molecule has 0 aliphatic carbocycles. The maximum Gasteiger partial charge on any atom is 0.307 e. The van der Waals surface area contributed by atoms with Gasteiger partial charge in [0.1, 0.15) is 23.4 Å². The van der Waals surface area contributed by atoms with Crippen molar-refractivity contribution < 1.29 is 18.6 Å². The Morgan fingerprint density at radius 2 is 1.86 bits per heavy atom. The van der Waals surface area contributed by atoms with Crippen LogP contribution < -0.4 is 20.7 Å². The Bertz CT molecular complexity index is 1520. The zero-order valence-electron chi connectivity index (χ0n) is 18.6. The van der Waals surface area contributed by atoms with Crippen molar-refractivity contribution >= 4 is 63.9 Å². The van der Waals surface area contributed by atoms with Gasteiger partial charge in [-0.25, -0.2) is 4.98 Å². The molecule has 14 heteroatoms. The molecule has 0 unspecified atom stereocenters. The summed E-state index contributed by atoms with van der Waals surface area (Å²) in [6, 6.07) is 5.28. The van der Waals surface area contributed by atoms with Crippen molar-refractivity contribution in [2.45, 2.75) is 0 Å². The lowest BCUT2D eigenvalue weighted by molar-refractivity contribution is -0.387. The first-order valence-corrected chi connectivity index (χ1v) is 12.9. The van der Waals surface area contributed by atoms with E-state index in [1.54, 1.807) is 31.7 Å². The van der Waals surface area contributed by atoms with Crippen LogP contribution in [0.15, 0.2) is 42.9 Å². The Kier molecular flexibility index (Phi) is 6.51. The van der Waals surface area contributed by atoms with E-state index in [2.05, 4.69) is 30.6 Å². The lowest BCUT2D eigenvalue weighted by Gasteiger charge is -2.17. The fraction of sp³-hybridized carbons (Fsp3) is 0.143. The number of nitro benzene ring substituents is 1. The van der Waals surface area contributed by atoms with Gasteiger partial charge < -0.3 is 19.9 Å². The third-order valence-corrected chi connectivity index (χ3v) is 6.67. The molecule has 180 valence electrons. The molecule has 2 heterocycles. The number of nitrogens with zero attached hydrogens (tertiary/aromatic N) is 5. The summed E-state index contributed by atoms with van der Waals surface area (Å²) in [6.45, 7) is 3.23. The number of benzene rings is 2. The van der Waals surface area contributed by atoms with Crippen molar-refractivity contribution in [3.8, 4) is 5.75 Å². The average Bonchev–Trinajstić information content (AvgIpc) is 2.80. The van der Waals surface area contributed by atoms with Crippen molar-refractivity contribution in [2.75, 3.05) is 31.1 Å². The highest BCUT2D eigenvalue weighted by molar-refractivity contribution is 7.71. The minimum Gasteiger partial charge on any atom is -0.494 e. The second-order valence-corrected chi connectivity index (χ2v) is 11.2. The molecule has 0 saturated carbocycles. The van der Waals surface area contributed by atoms with Crippen molar-refractivity contribution in [3.05, 3.63) is 63.8 Å². The molecule has 2 N–H and O–H groups in total. The molecule has 0 aliphatic heterocycles. The zero-order chi connectivity index (χ0) is 25.3. The number of nitrogens with one attached hydrogen (secondary N) is 2. The molecule has 2 aromatic heterocycles. The SMILES string of the molecule is COc1cc(F)c([N+](=O)[O-])cc1Nc1ncc(Cl)c(Nc2ccc3nccnc3c2P(C)(C)=O)n1. The highest BCUT2D eigenvalue weighted by Gasteiger charge is 2.23. The molecule has 2 aromatic carbocycles. The molecule has 0 bridgehead atoms. The summed E-state index contributed by atoms with van der Waals surface area (Å²) in [4.78, 5) is 27.3. The van der Waals surface area contributed by atoms with E-state index in [0.717, 1.165) is 12.1 Å². The van der Waals surface area contributed by atoms with E-state index < -0.39 is 23.6 Å². The molecular weight excluding hydrogens is 500 g/mol. The predicted octanol–water partition coefficient (Wildman–Crippen LogP) is 4.86. The number of rotatable bonds is 7. The molecule has 0 saturated heterocycles. The topological polar surface area (TPSA) is 145 Å². The standard InChI is InChI=1S/C21H18ClFN7O4P/c1-34-17-8-12(23)16(30(31)32)9-15(17)28-21-26-10-11(22)20(29-21)27-14-5-4-13-18(25-7-6-24-13)19(14)35(2,3)33/h4-10H,1-3H3,(H2,26,27,28,29). The number of aromatic nitrogens is 4. The minimum atomic E-state index is -2.83. The molecule has 4 aromatic rings. The Morgan fingerprint density at radius 3 is 2.54 bits per heavy atom. The average molecular weight is 518 g/mol. The largest absolute Gasteiger partial charge is 0.494 e. The summed E-state index contributed by atoms with van der Waals surface area (Å²) >= 11 is 6.30. The van der Waals surface area contributed by atoms with E-state index in [1.807, 2.05) is 0 Å².